The quantitative estimate of drug-likeness (QED) is 0.464. The molecule has 0 spiro atoms. The second-order valence-electron chi connectivity index (χ2n) is 4.27. The van der Waals surface area contributed by atoms with Crippen molar-refractivity contribution in [2.75, 3.05) is 20.6 Å². The second-order valence-corrected chi connectivity index (χ2v) is 4.27. The van der Waals surface area contributed by atoms with Crippen molar-refractivity contribution in [2.24, 2.45) is 0 Å². The first-order valence-corrected chi connectivity index (χ1v) is 5.64. The van der Waals surface area contributed by atoms with Gasteiger partial charge in [0, 0.05) is 18.7 Å². The minimum Gasteiger partial charge on any atom is -0.302 e. The maximum atomic E-state index is 10.5. The van der Waals surface area contributed by atoms with Gasteiger partial charge in [-0.2, -0.15) is 0 Å². The molecule has 0 heterocycles. The van der Waals surface area contributed by atoms with Gasteiger partial charge < -0.3 is 5.32 Å². The van der Waals surface area contributed by atoms with Gasteiger partial charge in [-0.25, -0.2) is 0 Å². The van der Waals surface area contributed by atoms with E-state index in [1.165, 1.54) is 0 Å². The molecule has 1 unspecified atom stereocenters. The molecule has 0 saturated carbocycles. The third-order valence-corrected chi connectivity index (χ3v) is 2.78. The van der Waals surface area contributed by atoms with Crippen LogP contribution in [0.1, 0.15) is 12.5 Å². The lowest BCUT2D eigenvalue weighted by Crippen LogP contribution is -2.39. The zero-order chi connectivity index (χ0) is 12.8. The number of benzene rings is 1. The zero-order valence-electron chi connectivity index (χ0n) is 10.5. The molecule has 94 valence electrons. The Kier molecular flexibility index (Phi) is 5.06. The Morgan fingerprint density at radius 2 is 1.94 bits per heavy atom. The normalized spacial score (nSPS) is 12.7. The van der Waals surface area contributed by atoms with Crippen LogP contribution in [0.5, 0.6) is 0 Å². The van der Waals surface area contributed by atoms with E-state index in [1.807, 2.05) is 14.1 Å². The maximum Gasteiger partial charge on any atom is 0.269 e. The van der Waals surface area contributed by atoms with Crippen molar-refractivity contribution >= 4 is 5.69 Å². The summed E-state index contributed by atoms with van der Waals surface area (Å²) in [5.74, 6) is 0. The number of nitrogens with zero attached hydrogens (tertiary/aromatic N) is 2. The Labute approximate surface area is 102 Å². The highest BCUT2D eigenvalue weighted by atomic mass is 16.6. The molecule has 17 heavy (non-hydrogen) atoms. The lowest BCUT2D eigenvalue weighted by atomic mass is 10.1. The van der Waals surface area contributed by atoms with Gasteiger partial charge in [0.25, 0.3) is 5.69 Å². The highest BCUT2D eigenvalue weighted by Crippen LogP contribution is 2.11. The van der Waals surface area contributed by atoms with Crippen molar-refractivity contribution in [3.63, 3.8) is 0 Å². The minimum absolute atomic E-state index is 0.142. The first kappa shape index (κ1) is 13.6. The van der Waals surface area contributed by atoms with E-state index in [-0.39, 0.29) is 10.6 Å². The summed E-state index contributed by atoms with van der Waals surface area (Å²) in [4.78, 5) is 12.2. The van der Waals surface area contributed by atoms with Crippen LogP contribution in [0, 0.1) is 10.1 Å². The van der Waals surface area contributed by atoms with Crippen LogP contribution >= 0.6 is 0 Å². The molecule has 1 rings (SSSR count). The molecule has 1 N–H and O–H groups in total. The van der Waals surface area contributed by atoms with Gasteiger partial charge in [0.1, 0.15) is 0 Å². The van der Waals surface area contributed by atoms with Crippen molar-refractivity contribution in [3.05, 3.63) is 39.9 Å². The summed E-state index contributed by atoms with van der Waals surface area (Å²) in [5, 5.41) is 13.8. The number of hydrogen-bond acceptors (Lipinski definition) is 4. The number of nitrogens with one attached hydrogen (secondary N) is 1. The van der Waals surface area contributed by atoms with Crippen LogP contribution in [-0.2, 0) is 6.42 Å². The monoisotopic (exact) mass is 237 g/mol. The third kappa shape index (κ3) is 4.50. The standard InChI is InChI=1S/C12H19N3O2/c1-10(14(2)3)13-9-8-11-4-6-12(7-5-11)15(16)17/h4-7,10,13H,8-9H2,1-3H3. The van der Waals surface area contributed by atoms with Gasteiger partial charge in [-0.3, -0.25) is 15.0 Å². The molecule has 0 amide bonds. The first-order valence-electron chi connectivity index (χ1n) is 5.64. The molecule has 5 heteroatoms. The number of rotatable bonds is 6. The fraction of sp³-hybridized carbons (Fsp3) is 0.500. The van der Waals surface area contributed by atoms with Crippen LogP contribution in [0.2, 0.25) is 0 Å². The van der Waals surface area contributed by atoms with Crippen molar-refractivity contribution in [1.29, 1.82) is 0 Å². The molecule has 0 aliphatic rings. The van der Waals surface area contributed by atoms with Gasteiger partial charge in [0.15, 0.2) is 0 Å². The number of nitro groups is 1. The van der Waals surface area contributed by atoms with E-state index in [1.54, 1.807) is 24.3 Å². The molecule has 0 bridgehead atoms. The fourth-order valence-corrected chi connectivity index (χ4v) is 1.39. The molecule has 0 radical (unpaired) electrons. The minimum atomic E-state index is -0.379. The van der Waals surface area contributed by atoms with Crippen LogP contribution < -0.4 is 5.32 Å². The van der Waals surface area contributed by atoms with Crippen molar-refractivity contribution in [2.45, 2.75) is 19.5 Å². The number of nitro benzene ring substituents is 1. The molecule has 1 aromatic carbocycles. The van der Waals surface area contributed by atoms with E-state index >= 15 is 0 Å². The summed E-state index contributed by atoms with van der Waals surface area (Å²) in [6.45, 7) is 2.95. The maximum absolute atomic E-state index is 10.5. The predicted octanol–water partition coefficient (Wildman–Crippen LogP) is 1.63. The van der Waals surface area contributed by atoms with E-state index < -0.39 is 0 Å². The second kappa shape index (κ2) is 6.32. The molecule has 1 aromatic rings. The predicted molar refractivity (Wildman–Crippen MR) is 68.0 cm³/mol. The van der Waals surface area contributed by atoms with Crippen molar-refractivity contribution in [3.8, 4) is 0 Å². The molecule has 0 aromatic heterocycles. The molecular formula is C12H19N3O2. The summed E-state index contributed by atoms with van der Waals surface area (Å²) >= 11 is 0. The largest absolute Gasteiger partial charge is 0.302 e. The van der Waals surface area contributed by atoms with Gasteiger partial charge in [-0.15, -0.1) is 0 Å². The molecule has 1 atom stereocenters. The summed E-state index contributed by atoms with van der Waals surface area (Å²) in [7, 11) is 4.03. The average Bonchev–Trinajstić information content (AvgIpc) is 2.29. The molecule has 0 aliphatic carbocycles. The SMILES string of the molecule is CC(NCCc1ccc([N+](=O)[O-])cc1)N(C)C. The van der Waals surface area contributed by atoms with Gasteiger partial charge in [0.2, 0.25) is 0 Å². The molecular weight excluding hydrogens is 218 g/mol. The van der Waals surface area contributed by atoms with Crippen molar-refractivity contribution < 1.29 is 4.92 Å². The molecule has 5 nitrogen and oxygen atoms in total. The molecule has 0 fully saturated rings. The summed E-state index contributed by atoms with van der Waals surface area (Å²) in [5.41, 5.74) is 1.25. The Bertz CT molecular complexity index is 363. The highest BCUT2D eigenvalue weighted by Gasteiger charge is 2.05. The fourth-order valence-electron chi connectivity index (χ4n) is 1.39. The van der Waals surface area contributed by atoms with Crippen LogP contribution in [0.25, 0.3) is 0 Å². The Balaban J connectivity index is 2.40. The van der Waals surface area contributed by atoms with Crippen LogP contribution in [0.15, 0.2) is 24.3 Å². The van der Waals surface area contributed by atoms with Crippen LogP contribution in [0.3, 0.4) is 0 Å². The van der Waals surface area contributed by atoms with E-state index in [4.69, 9.17) is 0 Å². The zero-order valence-corrected chi connectivity index (χ0v) is 10.5. The van der Waals surface area contributed by atoms with Crippen LogP contribution in [-0.4, -0.2) is 36.6 Å². The lowest BCUT2D eigenvalue weighted by molar-refractivity contribution is -0.384. The Morgan fingerprint density at radius 3 is 2.41 bits per heavy atom. The first-order chi connectivity index (χ1) is 8.00. The van der Waals surface area contributed by atoms with E-state index in [2.05, 4.69) is 17.1 Å². The van der Waals surface area contributed by atoms with Gasteiger partial charge >= 0.3 is 0 Å². The lowest BCUT2D eigenvalue weighted by Gasteiger charge is -2.20. The summed E-state index contributed by atoms with van der Waals surface area (Å²) in [6, 6.07) is 6.70. The number of non-ortho nitro benzene ring substituents is 1. The van der Waals surface area contributed by atoms with E-state index in [0.29, 0.717) is 6.17 Å². The smallest absolute Gasteiger partial charge is 0.269 e. The average molecular weight is 237 g/mol. The Morgan fingerprint density at radius 1 is 1.35 bits per heavy atom. The molecule has 0 aliphatic heterocycles. The van der Waals surface area contributed by atoms with Gasteiger partial charge in [-0.1, -0.05) is 12.1 Å². The topological polar surface area (TPSA) is 58.4 Å². The highest BCUT2D eigenvalue weighted by molar-refractivity contribution is 5.32. The number of hydrogen-bond donors (Lipinski definition) is 1. The van der Waals surface area contributed by atoms with Crippen molar-refractivity contribution in [1.82, 2.24) is 10.2 Å². The summed E-state index contributed by atoms with van der Waals surface area (Å²) < 4.78 is 0. The Hall–Kier alpha value is -1.46. The van der Waals surface area contributed by atoms with E-state index in [0.717, 1.165) is 18.5 Å². The van der Waals surface area contributed by atoms with Gasteiger partial charge in [0.05, 0.1) is 11.1 Å². The third-order valence-electron chi connectivity index (χ3n) is 2.78. The van der Waals surface area contributed by atoms with Crippen LogP contribution in [0.4, 0.5) is 5.69 Å². The van der Waals surface area contributed by atoms with E-state index in [9.17, 15) is 10.1 Å². The summed E-state index contributed by atoms with van der Waals surface area (Å²) in [6.07, 6.45) is 1.20. The van der Waals surface area contributed by atoms with Gasteiger partial charge in [-0.05, 0) is 33.0 Å². The molecule has 0 saturated heterocycles.